The summed E-state index contributed by atoms with van der Waals surface area (Å²) in [5.41, 5.74) is 1.08. The van der Waals surface area contributed by atoms with Crippen molar-refractivity contribution in [1.29, 1.82) is 0 Å². The predicted octanol–water partition coefficient (Wildman–Crippen LogP) is 3.78. The summed E-state index contributed by atoms with van der Waals surface area (Å²) in [5, 5.41) is 11.4. The largest absolute Gasteiger partial charge is 0.457 e. The molecule has 2 aliphatic rings. The first kappa shape index (κ1) is 24.3. The van der Waals surface area contributed by atoms with Gasteiger partial charge in [0.1, 0.15) is 11.5 Å². The first-order valence-electron chi connectivity index (χ1n) is 12.1. The molecular weight excluding hydrogens is 478 g/mol. The van der Waals surface area contributed by atoms with Gasteiger partial charge in [-0.05, 0) is 48.5 Å². The van der Waals surface area contributed by atoms with Crippen molar-refractivity contribution in [2.45, 2.75) is 12.1 Å². The molecule has 7 nitrogen and oxygen atoms in total. The van der Waals surface area contributed by atoms with Crippen LogP contribution in [0.2, 0.25) is 5.02 Å². The van der Waals surface area contributed by atoms with Gasteiger partial charge in [0.05, 0.1) is 17.7 Å². The predicted molar refractivity (Wildman–Crippen MR) is 138 cm³/mol. The van der Waals surface area contributed by atoms with Gasteiger partial charge in [0, 0.05) is 49.9 Å². The van der Waals surface area contributed by atoms with Crippen LogP contribution in [0.3, 0.4) is 0 Å². The molecule has 3 aromatic carbocycles. The molecule has 2 unspecified atom stereocenters. The van der Waals surface area contributed by atoms with E-state index < -0.39 is 6.10 Å². The van der Waals surface area contributed by atoms with Gasteiger partial charge >= 0.3 is 0 Å². The average molecular weight is 506 g/mol. The van der Waals surface area contributed by atoms with Crippen LogP contribution in [-0.2, 0) is 0 Å². The van der Waals surface area contributed by atoms with Gasteiger partial charge in [-0.15, -0.1) is 0 Å². The van der Waals surface area contributed by atoms with Gasteiger partial charge in [0.2, 0.25) is 0 Å². The second-order valence-corrected chi connectivity index (χ2v) is 9.53. The molecule has 2 atom stereocenters. The molecule has 2 saturated heterocycles. The molecule has 5 rings (SSSR count). The van der Waals surface area contributed by atoms with Crippen LogP contribution in [0.1, 0.15) is 20.7 Å². The maximum atomic E-state index is 13.4. The van der Waals surface area contributed by atoms with Crippen molar-refractivity contribution in [3.8, 4) is 11.5 Å². The number of hydrogen-bond acceptors (Lipinski definition) is 5. The molecule has 0 aromatic heterocycles. The summed E-state index contributed by atoms with van der Waals surface area (Å²) in [4.78, 5) is 31.9. The van der Waals surface area contributed by atoms with Gasteiger partial charge in [-0.25, -0.2) is 0 Å². The highest BCUT2D eigenvalue weighted by Gasteiger charge is 2.39. The third kappa shape index (κ3) is 5.23. The highest BCUT2D eigenvalue weighted by atomic mass is 35.5. The van der Waals surface area contributed by atoms with Gasteiger partial charge < -0.3 is 19.6 Å². The zero-order valence-electron chi connectivity index (χ0n) is 19.8. The topological polar surface area (TPSA) is 73.3 Å². The lowest BCUT2D eigenvalue weighted by Crippen LogP contribution is -2.54. The van der Waals surface area contributed by atoms with Gasteiger partial charge in [0.25, 0.3) is 11.8 Å². The zero-order valence-corrected chi connectivity index (χ0v) is 20.6. The Bertz CT molecular complexity index is 1210. The van der Waals surface area contributed by atoms with E-state index in [-0.39, 0.29) is 24.4 Å². The highest BCUT2D eigenvalue weighted by Crippen LogP contribution is 2.28. The Balaban J connectivity index is 1.21. The number of para-hydroxylation sites is 2. The smallest absolute Gasteiger partial charge is 0.257 e. The average Bonchev–Trinajstić information content (AvgIpc) is 3.31. The van der Waals surface area contributed by atoms with E-state index >= 15 is 0 Å². The number of rotatable bonds is 5. The van der Waals surface area contributed by atoms with Crippen LogP contribution in [0.25, 0.3) is 0 Å². The molecule has 36 heavy (non-hydrogen) atoms. The molecular formula is C28H28ClN3O4. The monoisotopic (exact) mass is 505 g/mol. The molecule has 2 heterocycles. The number of ether oxygens (including phenoxy) is 1. The molecule has 186 valence electrons. The maximum absolute atomic E-state index is 13.4. The van der Waals surface area contributed by atoms with Gasteiger partial charge in [-0.1, -0.05) is 41.9 Å². The molecule has 0 radical (unpaired) electrons. The Hall–Kier alpha value is -3.39. The van der Waals surface area contributed by atoms with E-state index in [1.54, 1.807) is 41.3 Å². The summed E-state index contributed by atoms with van der Waals surface area (Å²) < 4.78 is 5.97. The minimum Gasteiger partial charge on any atom is -0.457 e. The second kappa shape index (κ2) is 10.7. The molecule has 2 aliphatic heterocycles. The van der Waals surface area contributed by atoms with E-state index in [2.05, 4.69) is 4.90 Å². The number of halogens is 1. The van der Waals surface area contributed by atoms with Gasteiger partial charge in [-0.2, -0.15) is 0 Å². The summed E-state index contributed by atoms with van der Waals surface area (Å²) in [6, 6.07) is 23.3. The standard InChI is InChI=1S/C28H28ClN3O4/c29-21-12-10-20(11-13-21)27(34)31-16-14-30(15-17-31)24-18-32(19-25(24)33)28(35)23-8-4-5-9-26(23)36-22-6-2-1-3-7-22/h1-13,24-25,33H,14-19H2. The third-order valence-electron chi connectivity index (χ3n) is 6.80. The number of aliphatic hydroxyl groups is 1. The summed E-state index contributed by atoms with van der Waals surface area (Å²) in [5.74, 6) is 0.953. The number of carbonyl (C=O) groups is 2. The number of nitrogens with zero attached hydrogens (tertiary/aromatic N) is 3. The van der Waals surface area contributed by atoms with Crippen LogP contribution in [0.5, 0.6) is 11.5 Å². The van der Waals surface area contributed by atoms with Crippen LogP contribution >= 0.6 is 11.6 Å². The van der Waals surface area contributed by atoms with E-state index in [1.165, 1.54) is 0 Å². The van der Waals surface area contributed by atoms with Gasteiger partial charge in [-0.3, -0.25) is 14.5 Å². The Kier molecular flexibility index (Phi) is 7.23. The van der Waals surface area contributed by atoms with Crippen molar-refractivity contribution >= 4 is 23.4 Å². The molecule has 2 fully saturated rings. The lowest BCUT2D eigenvalue weighted by molar-refractivity contribution is 0.0376. The van der Waals surface area contributed by atoms with Gasteiger partial charge in [0.15, 0.2) is 0 Å². The number of piperazine rings is 1. The van der Waals surface area contributed by atoms with Crippen molar-refractivity contribution in [2.75, 3.05) is 39.3 Å². The summed E-state index contributed by atoms with van der Waals surface area (Å²) in [6.45, 7) is 3.07. The molecule has 3 aromatic rings. The molecule has 2 amide bonds. The van der Waals surface area contributed by atoms with Crippen molar-refractivity contribution in [3.05, 3.63) is 95.0 Å². The lowest BCUT2D eigenvalue weighted by atomic mass is 10.1. The number of likely N-dealkylation sites (tertiary alicyclic amines) is 1. The Morgan fingerprint density at radius 2 is 1.44 bits per heavy atom. The first-order valence-corrected chi connectivity index (χ1v) is 12.5. The Labute approximate surface area is 215 Å². The van der Waals surface area contributed by atoms with E-state index in [0.29, 0.717) is 60.4 Å². The lowest BCUT2D eigenvalue weighted by Gasteiger charge is -2.38. The van der Waals surface area contributed by atoms with Crippen LogP contribution in [-0.4, -0.2) is 83.0 Å². The van der Waals surface area contributed by atoms with Crippen molar-refractivity contribution < 1.29 is 19.4 Å². The quantitative estimate of drug-likeness (QED) is 0.571. The normalized spacial score (nSPS) is 20.4. The molecule has 1 N–H and O–H groups in total. The maximum Gasteiger partial charge on any atom is 0.257 e. The third-order valence-corrected chi connectivity index (χ3v) is 7.05. The van der Waals surface area contributed by atoms with E-state index in [1.807, 2.05) is 47.4 Å². The molecule has 0 saturated carbocycles. The van der Waals surface area contributed by atoms with Crippen LogP contribution < -0.4 is 4.74 Å². The number of hydrogen-bond donors (Lipinski definition) is 1. The molecule has 8 heteroatoms. The minimum atomic E-state index is -0.658. The molecule has 0 aliphatic carbocycles. The van der Waals surface area contributed by atoms with Crippen molar-refractivity contribution in [3.63, 3.8) is 0 Å². The number of benzene rings is 3. The Morgan fingerprint density at radius 1 is 0.778 bits per heavy atom. The fourth-order valence-electron chi connectivity index (χ4n) is 4.84. The van der Waals surface area contributed by atoms with E-state index in [9.17, 15) is 14.7 Å². The van der Waals surface area contributed by atoms with E-state index in [4.69, 9.17) is 16.3 Å². The summed E-state index contributed by atoms with van der Waals surface area (Å²) in [6.07, 6.45) is -0.658. The number of β-amino-alcohol motifs (C(OH)–C–C–N with tert-alkyl or cyclic N) is 1. The first-order chi connectivity index (χ1) is 17.5. The van der Waals surface area contributed by atoms with Crippen molar-refractivity contribution in [1.82, 2.24) is 14.7 Å². The molecule has 0 spiro atoms. The number of carbonyl (C=O) groups excluding carboxylic acids is 2. The minimum absolute atomic E-state index is 0.0230. The zero-order chi connectivity index (χ0) is 25.1. The second-order valence-electron chi connectivity index (χ2n) is 9.09. The van der Waals surface area contributed by atoms with Crippen LogP contribution in [0, 0.1) is 0 Å². The van der Waals surface area contributed by atoms with Crippen LogP contribution in [0.4, 0.5) is 0 Å². The van der Waals surface area contributed by atoms with Crippen molar-refractivity contribution in [2.24, 2.45) is 0 Å². The van der Waals surface area contributed by atoms with Crippen LogP contribution in [0.15, 0.2) is 78.9 Å². The Morgan fingerprint density at radius 3 is 2.17 bits per heavy atom. The summed E-state index contributed by atoms with van der Waals surface area (Å²) in [7, 11) is 0. The fourth-order valence-corrected chi connectivity index (χ4v) is 4.97. The SMILES string of the molecule is O=C(c1ccc(Cl)cc1)N1CCN(C2CN(C(=O)c3ccccc3Oc3ccccc3)CC2O)CC1. The highest BCUT2D eigenvalue weighted by molar-refractivity contribution is 6.30. The number of aliphatic hydroxyl groups excluding tert-OH is 1. The van der Waals surface area contributed by atoms with E-state index in [0.717, 1.165) is 0 Å². The summed E-state index contributed by atoms with van der Waals surface area (Å²) >= 11 is 5.94. The fraction of sp³-hybridized carbons (Fsp3) is 0.286. The number of amides is 2. The molecule has 0 bridgehead atoms.